The average Bonchev–Trinajstić information content (AvgIpc) is 2.70. The lowest BCUT2D eigenvalue weighted by molar-refractivity contribution is 0.355. The first kappa shape index (κ1) is 18.3. The molecule has 0 bridgehead atoms. The minimum atomic E-state index is -0.0950. The Labute approximate surface area is 157 Å². The Balaban J connectivity index is 1.81. The van der Waals surface area contributed by atoms with Crippen LogP contribution in [0, 0.1) is 0 Å². The second-order valence-electron chi connectivity index (χ2n) is 5.71. The van der Waals surface area contributed by atoms with Crippen LogP contribution in [0.15, 0.2) is 63.8 Å². The Morgan fingerprint density at radius 1 is 0.815 bits per heavy atom. The highest BCUT2D eigenvalue weighted by molar-refractivity contribution is 5.78. The SMILES string of the molecule is COc1ccc2c(=O)cc(/C=C/C=C/c3ccc(OC)c(OC)c3)oc2c1. The van der Waals surface area contributed by atoms with Crippen molar-refractivity contribution in [1.82, 2.24) is 0 Å². The molecular formula is C22H20O5. The van der Waals surface area contributed by atoms with Gasteiger partial charge in [0.2, 0.25) is 0 Å². The smallest absolute Gasteiger partial charge is 0.193 e. The molecule has 1 heterocycles. The molecule has 0 atom stereocenters. The molecule has 3 aromatic rings. The molecule has 27 heavy (non-hydrogen) atoms. The zero-order chi connectivity index (χ0) is 19.2. The van der Waals surface area contributed by atoms with E-state index in [1.807, 2.05) is 30.4 Å². The highest BCUT2D eigenvalue weighted by Gasteiger charge is 2.05. The Kier molecular flexibility index (Phi) is 5.61. The van der Waals surface area contributed by atoms with Crippen molar-refractivity contribution in [3.8, 4) is 17.2 Å². The number of hydrogen-bond donors (Lipinski definition) is 0. The van der Waals surface area contributed by atoms with Gasteiger partial charge in [-0.3, -0.25) is 4.79 Å². The van der Waals surface area contributed by atoms with Crippen molar-refractivity contribution in [1.29, 1.82) is 0 Å². The number of ether oxygens (including phenoxy) is 3. The average molecular weight is 364 g/mol. The third-order valence-electron chi connectivity index (χ3n) is 4.02. The first-order chi connectivity index (χ1) is 13.1. The lowest BCUT2D eigenvalue weighted by Gasteiger charge is -2.07. The van der Waals surface area contributed by atoms with Gasteiger partial charge in [-0.2, -0.15) is 0 Å². The van der Waals surface area contributed by atoms with Crippen molar-refractivity contribution < 1.29 is 18.6 Å². The van der Waals surface area contributed by atoms with E-state index in [0.29, 0.717) is 34.0 Å². The quantitative estimate of drug-likeness (QED) is 0.601. The number of benzene rings is 2. The topological polar surface area (TPSA) is 57.9 Å². The highest BCUT2D eigenvalue weighted by atomic mass is 16.5. The van der Waals surface area contributed by atoms with Crippen LogP contribution in [0.1, 0.15) is 11.3 Å². The molecule has 1 aromatic heterocycles. The van der Waals surface area contributed by atoms with E-state index in [1.54, 1.807) is 51.7 Å². The van der Waals surface area contributed by atoms with Crippen molar-refractivity contribution >= 4 is 23.1 Å². The van der Waals surface area contributed by atoms with Gasteiger partial charge in [0.1, 0.15) is 17.1 Å². The maximum Gasteiger partial charge on any atom is 0.193 e. The predicted molar refractivity (Wildman–Crippen MR) is 107 cm³/mol. The van der Waals surface area contributed by atoms with Gasteiger partial charge in [0.25, 0.3) is 0 Å². The van der Waals surface area contributed by atoms with Gasteiger partial charge in [0.15, 0.2) is 16.9 Å². The lowest BCUT2D eigenvalue weighted by Crippen LogP contribution is -2.00. The molecule has 3 rings (SSSR count). The van der Waals surface area contributed by atoms with E-state index in [2.05, 4.69) is 0 Å². The summed E-state index contributed by atoms with van der Waals surface area (Å²) in [6.07, 6.45) is 7.32. The molecule has 138 valence electrons. The minimum Gasteiger partial charge on any atom is -0.497 e. The summed E-state index contributed by atoms with van der Waals surface area (Å²) in [5.74, 6) is 2.45. The fraction of sp³-hybridized carbons (Fsp3) is 0.136. The summed E-state index contributed by atoms with van der Waals surface area (Å²) in [6, 6.07) is 12.3. The molecule has 5 heteroatoms. The van der Waals surface area contributed by atoms with Gasteiger partial charge in [0.05, 0.1) is 26.7 Å². The van der Waals surface area contributed by atoms with E-state index < -0.39 is 0 Å². The van der Waals surface area contributed by atoms with Gasteiger partial charge in [-0.15, -0.1) is 0 Å². The minimum absolute atomic E-state index is 0.0950. The summed E-state index contributed by atoms with van der Waals surface area (Å²) < 4.78 is 21.5. The predicted octanol–water partition coefficient (Wildman–Crippen LogP) is 4.55. The first-order valence-electron chi connectivity index (χ1n) is 8.33. The molecule has 0 aliphatic carbocycles. The fourth-order valence-corrected chi connectivity index (χ4v) is 2.64. The zero-order valence-electron chi connectivity index (χ0n) is 15.4. The molecular weight excluding hydrogens is 344 g/mol. The molecule has 0 amide bonds. The number of rotatable bonds is 6. The van der Waals surface area contributed by atoms with E-state index in [0.717, 1.165) is 5.56 Å². The van der Waals surface area contributed by atoms with Crippen molar-refractivity contribution in [2.24, 2.45) is 0 Å². The van der Waals surface area contributed by atoms with Gasteiger partial charge < -0.3 is 18.6 Å². The van der Waals surface area contributed by atoms with Crippen LogP contribution in [0.25, 0.3) is 23.1 Å². The number of hydrogen-bond acceptors (Lipinski definition) is 5. The second-order valence-corrected chi connectivity index (χ2v) is 5.71. The third kappa shape index (κ3) is 4.20. The van der Waals surface area contributed by atoms with Crippen LogP contribution in [-0.2, 0) is 0 Å². The van der Waals surface area contributed by atoms with Crippen LogP contribution in [0.2, 0.25) is 0 Å². The fourth-order valence-electron chi connectivity index (χ4n) is 2.64. The summed E-state index contributed by atoms with van der Waals surface area (Å²) in [6.45, 7) is 0. The van der Waals surface area contributed by atoms with E-state index in [9.17, 15) is 4.79 Å². The van der Waals surface area contributed by atoms with E-state index >= 15 is 0 Å². The zero-order valence-corrected chi connectivity index (χ0v) is 15.4. The molecule has 5 nitrogen and oxygen atoms in total. The summed E-state index contributed by atoms with van der Waals surface area (Å²) in [4.78, 5) is 12.2. The molecule has 0 saturated heterocycles. The molecule has 0 fully saturated rings. The Morgan fingerprint density at radius 2 is 1.59 bits per heavy atom. The Morgan fingerprint density at radius 3 is 2.33 bits per heavy atom. The summed E-state index contributed by atoms with van der Waals surface area (Å²) in [5.41, 5.74) is 1.36. The molecule has 0 aliphatic heterocycles. The normalized spacial score (nSPS) is 11.4. The van der Waals surface area contributed by atoms with Crippen LogP contribution >= 0.6 is 0 Å². The maximum atomic E-state index is 12.2. The van der Waals surface area contributed by atoms with Gasteiger partial charge in [-0.25, -0.2) is 0 Å². The summed E-state index contributed by atoms with van der Waals surface area (Å²) >= 11 is 0. The van der Waals surface area contributed by atoms with Crippen molar-refractivity contribution in [3.05, 3.63) is 76.2 Å². The van der Waals surface area contributed by atoms with Gasteiger partial charge in [-0.05, 0) is 35.9 Å². The van der Waals surface area contributed by atoms with Crippen molar-refractivity contribution in [3.63, 3.8) is 0 Å². The van der Waals surface area contributed by atoms with Crippen molar-refractivity contribution in [2.75, 3.05) is 21.3 Å². The van der Waals surface area contributed by atoms with Gasteiger partial charge >= 0.3 is 0 Å². The Hall–Kier alpha value is -3.47. The molecule has 0 N–H and O–H groups in total. The van der Waals surface area contributed by atoms with Gasteiger partial charge in [-0.1, -0.05) is 24.3 Å². The standard InChI is InChI=1S/C22H20O5/c1-24-16-9-10-18-19(23)13-17(27-21(18)14-16)7-5-4-6-15-8-11-20(25-2)22(12-15)26-3/h4-14H,1-3H3/b6-4+,7-5+. The van der Waals surface area contributed by atoms with Crippen LogP contribution in [0.3, 0.4) is 0 Å². The molecule has 2 aromatic carbocycles. The van der Waals surface area contributed by atoms with E-state index in [-0.39, 0.29) is 5.43 Å². The van der Waals surface area contributed by atoms with E-state index in [4.69, 9.17) is 18.6 Å². The van der Waals surface area contributed by atoms with Crippen LogP contribution in [0.5, 0.6) is 17.2 Å². The second kappa shape index (κ2) is 8.27. The number of allylic oxidation sites excluding steroid dienone is 2. The maximum absolute atomic E-state index is 12.2. The highest BCUT2D eigenvalue weighted by Crippen LogP contribution is 2.28. The molecule has 0 spiro atoms. The Bertz CT molecular complexity index is 1060. The van der Waals surface area contributed by atoms with E-state index in [1.165, 1.54) is 6.07 Å². The molecule has 0 unspecified atom stereocenters. The summed E-state index contributed by atoms with van der Waals surface area (Å²) in [5, 5.41) is 0.522. The van der Waals surface area contributed by atoms with Crippen LogP contribution < -0.4 is 19.6 Å². The van der Waals surface area contributed by atoms with Gasteiger partial charge in [0, 0.05) is 12.1 Å². The first-order valence-corrected chi connectivity index (χ1v) is 8.33. The molecule has 0 saturated carbocycles. The summed E-state index contributed by atoms with van der Waals surface area (Å²) in [7, 11) is 4.77. The monoisotopic (exact) mass is 364 g/mol. The van der Waals surface area contributed by atoms with Crippen molar-refractivity contribution in [2.45, 2.75) is 0 Å². The third-order valence-corrected chi connectivity index (χ3v) is 4.02. The molecule has 0 aliphatic rings. The number of methoxy groups -OCH3 is 3. The van der Waals surface area contributed by atoms with Crippen LogP contribution in [0.4, 0.5) is 0 Å². The van der Waals surface area contributed by atoms with Crippen LogP contribution in [-0.4, -0.2) is 21.3 Å². The lowest BCUT2D eigenvalue weighted by atomic mass is 10.2. The molecule has 0 radical (unpaired) electrons. The largest absolute Gasteiger partial charge is 0.497 e. The number of fused-ring (bicyclic) bond motifs is 1.